The zero-order valence-corrected chi connectivity index (χ0v) is 45.4. The van der Waals surface area contributed by atoms with Crippen molar-refractivity contribution in [2.75, 3.05) is 6.54 Å². The Balaban J connectivity index is 0.00000361. The number of amides is 1. The fourth-order valence-corrected chi connectivity index (χ4v) is 12.3. The van der Waals surface area contributed by atoms with Gasteiger partial charge in [-0.3, -0.25) is 19.8 Å². The molecule has 17 nitrogen and oxygen atoms in total. The third-order valence-corrected chi connectivity index (χ3v) is 14.6. The fraction of sp³-hybridized carbons (Fsp3) is 0.839. The summed E-state index contributed by atoms with van der Waals surface area (Å²) < 4.78 is 46.7. The molecule has 0 radical (unpaired) electrons. The SMILES string of the molecule is CCN(C1CCCCC1)C1CCC(N=Nc2c(C#N)cnn2C2C(Cl)CC(SOO[O-])CC2Cl)C(NC(=O)C2CC(SOO[O-])CC(S(=O)(=O)[O-])C2)C1.[K+].[K+].[K+]. The standard InChI is InChI=1S/C31H47Cl2N7O10S3.3K/c1-2-39(20-6-4-3-5-7-20)21-8-9-27(28(12-21)36-31(41)18-10-22(51-49-47-42)13-24(11-18)53(44,45)46)37-38-30-19(16-34)17-35-40(30)29-25(32)14-23(15-26(29)33)52-50-48-43;;;/h17-18,20-29,42-43H,2-15H2,1H3,(H,36,41)(H,44,45,46);;;/q;3*+1/p-3. The Morgan fingerprint density at radius 2 is 1.61 bits per heavy atom. The van der Waals surface area contributed by atoms with E-state index in [0.29, 0.717) is 43.8 Å². The molecule has 0 spiro atoms. The Bertz CT molecular complexity index is 1540. The van der Waals surface area contributed by atoms with Crippen molar-refractivity contribution < 1.29 is 201 Å². The smallest absolute Gasteiger partial charge is 0.748 e. The van der Waals surface area contributed by atoms with Gasteiger partial charge in [-0.15, -0.1) is 28.3 Å². The van der Waals surface area contributed by atoms with Crippen molar-refractivity contribution >= 4 is 69.1 Å². The van der Waals surface area contributed by atoms with Crippen LogP contribution < -0.4 is 170 Å². The van der Waals surface area contributed by atoms with Gasteiger partial charge in [-0.05, 0) is 70.8 Å². The summed E-state index contributed by atoms with van der Waals surface area (Å²) in [6.45, 7) is 2.98. The number of rotatable bonds is 15. The second kappa shape index (κ2) is 27.8. The third kappa shape index (κ3) is 15.6. The van der Waals surface area contributed by atoms with Gasteiger partial charge in [0.2, 0.25) is 5.91 Å². The molecule has 1 N–H and O–H groups in total. The molecule has 0 aliphatic heterocycles. The van der Waals surface area contributed by atoms with Gasteiger partial charge in [-0.25, -0.2) is 13.1 Å². The number of alkyl halides is 2. The Morgan fingerprint density at radius 3 is 2.18 bits per heavy atom. The normalized spacial score (nSPS) is 31.5. The summed E-state index contributed by atoms with van der Waals surface area (Å²) in [7, 11) is -4.74. The maximum absolute atomic E-state index is 14.0. The molecule has 1 heterocycles. The molecule has 25 heteroatoms. The zero-order valence-electron chi connectivity index (χ0n) is 32.1. The maximum Gasteiger partial charge on any atom is 1.00 e. The van der Waals surface area contributed by atoms with Gasteiger partial charge in [0.05, 0.1) is 50.4 Å². The molecule has 1 aromatic rings. The molecular weight excluding hydrogens is 915 g/mol. The molecule has 5 rings (SSSR count). The van der Waals surface area contributed by atoms with Crippen LogP contribution in [0.1, 0.15) is 102 Å². The number of carbonyl (C=O) groups is 1. The first-order valence-corrected chi connectivity index (χ1v) is 21.8. The van der Waals surface area contributed by atoms with Crippen molar-refractivity contribution in [2.24, 2.45) is 16.1 Å². The number of halogens is 2. The van der Waals surface area contributed by atoms with Crippen LogP contribution in [-0.2, 0) is 33.7 Å². The zero-order chi connectivity index (χ0) is 38.1. The summed E-state index contributed by atoms with van der Waals surface area (Å²) in [6.07, 6.45) is 9.77. The van der Waals surface area contributed by atoms with Crippen molar-refractivity contribution in [2.45, 2.75) is 147 Å². The molecule has 8 unspecified atom stereocenters. The quantitative estimate of drug-likeness (QED) is 0.0329. The van der Waals surface area contributed by atoms with E-state index >= 15 is 0 Å². The van der Waals surface area contributed by atoms with E-state index in [9.17, 15) is 33.5 Å². The van der Waals surface area contributed by atoms with E-state index in [1.165, 1.54) is 30.1 Å². The van der Waals surface area contributed by atoms with Crippen LogP contribution in [0.4, 0.5) is 5.82 Å². The van der Waals surface area contributed by atoms with Gasteiger partial charge < -0.3 is 20.4 Å². The molecule has 0 saturated heterocycles. The summed E-state index contributed by atoms with van der Waals surface area (Å²) in [6, 6.07) is 1.08. The van der Waals surface area contributed by atoms with E-state index in [1.807, 2.05) is 0 Å². The van der Waals surface area contributed by atoms with Crippen LogP contribution in [0.5, 0.6) is 0 Å². The predicted octanol–water partition coefficient (Wildman–Crippen LogP) is -5.34. The summed E-state index contributed by atoms with van der Waals surface area (Å²) in [5.41, 5.74) is 0.157. The fourth-order valence-electron chi connectivity index (χ4n) is 8.51. The number of azo groups is 1. The molecule has 0 aromatic carbocycles. The van der Waals surface area contributed by atoms with Gasteiger partial charge in [0.25, 0.3) is 0 Å². The van der Waals surface area contributed by atoms with Crippen LogP contribution >= 0.6 is 47.3 Å². The third-order valence-electron chi connectivity index (χ3n) is 11.0. The van der Waals surface area contributed by atoms with Crippen LogP contribution in [0.2, 0.25) is 0 Å². The predicted molar refractivity (Wildman–Crippen MR) is 190 cm³/mol. The second-order valence-electron chi connectivity index (χ2n) is 14.1. The van der Waals surface area contributed by atoms with E-state index in [0.717, 1.165) is 37.8 Å². The topological polar surface area (TPSA) is 239 Å². The van der Waals surface area contributed by atoms with Crippen molar-refractivity contribution in [1.29, 1.82) is 5.26 Å². The molecule has 1 aromatic heterocycles. The van der Waals surface area contributed by atoms with Crippen LogP contribution in [0.25, 0.3) is 0 Å². The molecule has 4 saturated carbocycles. The minimum atomic E-state index is -4.74. The van der Waals surface area contributed by atoms with Crippen molar-refractivity contribution in [3.8, 4) is 6.07 Å². The van der Waals surface area contributed by atoms with Crippen molar-refractivity contribution in [3.63, 3.8) is 0 Å². The van der Waals surface area contributed by atoms with Gasteiger partial charge in [-0.2, -0.15) is 24.1 Å². The van der Waals surface area contributed by atoms with Crippen molar-refractivity contribution in [1.82, 2.24) is 20.0 Å². The molecule has 1 amide bonds. The summed E-state index contributed by atoms with van der Waals surface area (Å²) >= 11 is 15.0. The Kier molecular flexibility index (Phi) is 27.7. The second-order valence-corrected chi connectivity index (χ2v) is 18.9. The Labute approximate surface area is 474 Å². The van der Waals surface area contributed by atoms with Crippen LogP contribution in [0.15, 0.2) is 16.4 Å². The maximum atomic E-state index is 14.0. The van der Waals surface area contributed by atoms with E-state index in [2.05, 4.69) is 52.2 Å². The molecule has 0 bridgehead atoms. The minimum Gasteiger partial charge on any atom is -0.748 e. The molecule has 4 fully saturated rings. The molecule has 4 aliphatic rings. The number of nitrogens with zero attached hydrogens (tertiary/aromatic N) is 6. The largest absolute Gasteiger partial charge is 1.00 e. The first-order chi connectivity index (χ1) is 25.5. The number of nitrogens with one attached hydrogen (secondary N) is 1. The molecular formula is C31H44Cl2K3N7O10S3. The van der Waals surface area contributed by atoms with Gasteiger partial charge in [0.15, 0.2) is 5.82 Å². The van der Waals surface area contributed by atoms with Crippen molar-refractivity contribution in [3.05, 3.63) is 11.8 Å². The summed E-state index contributed by atoms with van der Waals surface area (Å²) in [5.74, 6) is -1.12. The Morgan fingerprint density at radius 1 is 0.982 bits per heavy atom. The minimum absolute atomic E-state index is 0. The van der Waals surface area contributed by atoms with Gasteiger partial charge >= 0.3 is 154 Å². The monoisotopic (exact) mass is 957 g/mol. The van der Waals surface area contributed by atoms with Crippen LogP contribution in [-0.4, -0.2) is 90.8 Å². The van der Waals surface area contributed by atoms with Gasteiger partial charge in [-0.1, -0.05) is 26.2 Å². The number of carbonyl (C=O) groups excluding carboxylic acids is 1. The number of hydrogen-bond donors (Lipinski definition) is 1. The first kappa shape index (κ1) is 55.7. The van der Waals surface area contributed by atoms with E-state index in [1.54, 1.807) is 0 Å². The molecule has 298 valence electrons. The van der Waals surface area contributed by atoms with E-state index in [-0.39, 0.29) is 196 Å². The number of nitriles is 1. The van der Waals surface area contributed by atoms with Crippen LogP contribution in [0, 0.1) is 17.2 Å². The molecule has 8 atom stereocenters. The average molecular weight is 959 g/mol. The van der Waals surface area contributed by atoms with E-state index < -0.39 is 61.3 Å². The summed E-state index contributed by atoms with van der Waals surface area (Å²) in [5, 5.41) is 51.2. The van der Waals surface area contributed by atoms with E-state index in [4.69, 9.17) is 28.3 Å². The van der Waals surface area contributed by atoms with Gasteiger partial charge in [0.1, 0.15) is 11.6 Å². The Hall–Kier alpha value is 3.59. The van der Waals surface area contributed by atoms with Crippen LogP contribution in [0.3, 0.4) is 0 Å². The average Bonchev–Trinajstić information content (AvgIpc) is 3.54. The molecule has 4 aliphatic carbocycles. The summed E-state index contributed by atoms with van der Waals surface area (Å²) in [4.78, 5) is 16.5. The number of hydrogen-bond acceptors (Lipinski definition) is 17. The van der Waals surface area contributed by atoms with Gasteiger partial charge in [0, 0.05) is 52.6 Å². The number of aromatic nitrogens is 2. The first-order valence-electron chi connectivity index (χ1n) is 17.9. The molecule has 56 heavy (non-hydrogen) atoms.